The highest BCUT2D eigenvalue weighted by molar-refractivity contribution is 5.94. The number of hydrogen-bond acceptors (Lipinski definition) is 4. The van der Waals surface area contributed by atoms with Crippen LogP contribution in [0.5, 0.6) is 0 Å². The summed E-state index contributed by atoms with van der Waals surface area (Å²) in [4.78, 5) is 27.0. The van der Waals surface area contributed by atoms with Gasteiger partial charge in [-0.2, -0.15) is 0 Å². The van der Waals surface area contributed by atoms with Crippen LogP contribution in [0.3, 0.4) is 0 Å². The second-order valence-corrected chi connectivity index (χ2v) is 5.17. The number of carbonyl (C=O) groups is 2. The summed E-state index contributed by atoms with van der Waals surface area (Å²) in [7, 11) is 0. The van der Waals surface area contributed by atoms with Crippen molar-refractivity contribution in [2.24, 2.45) is 0 Å². The first-order chi connectivity index (χ1) is 8.88. The van der Waals surface area contributed by atoms with E-state index >= 15 is 0 Å². The lowest BCUT2D eigenvalue weighted by Crippen LogP contribution is -2.33. The highest BCUT2D eigenvalue weighted by Crippen LogP contribution is 2.06. The fraction of sp³-hybridized carbons (Fsp3) is 0.500. The number of carbonyl (C=O) groups excluding carboxylic acids is 2. The minimum atomic E-state index is -0.506. The Hall–Kier alpha value is -1.91. The molecule has 0 unspecified atom stereocenters. The van der Waals surface area contributed by atoms with Crippen molar-refractivity contribution in [3.05, 3.63) is 30.1 Å². The van der Waals surface area contributed by atoms with Gasteiger partial charge >= 0.3 is 6.09 Å². The molecule has 104 valence electrons. The van der Waals surface area contributed by atoms with Gasteiger partial charge in [-0.3, -0.25) is 9.78 Å². The smallest absolute Gasteiger partial charge is 0.407 e. The Bertz CT molecular complexity index is 424. The van der Waals surface area contributed by atoms with E-state index in [9.17, 15) is 9.59 Å². The first-order valence-electron chi connectivity index (χ1n) is 6.29. The lowest BCUT2D eigenvalue weighted by molar-refractivity contribution is 0.0525. The summed E-state index contributed by atoms with van der Waals surface area (Å²) < 4.78 is 5.08. The SMILES string of the molecule is CC(C)(C)OC(=O)NCCCC(=O)c1ccccn1. The number of aromatic nitrogens is 1. The van der Waals surface area contributed by atoms with Crippen molar-refractivity contribution in [2.75, 3.05) is 6.54 Å². The molecule has 5 heteroatoms. The van der Waals surface area contributed by atoms with Gasteiger partial charge in [0.2, 0.25) is 0 Å². The minimum absolute atomic E-state index is 0.0217. The van der Waals surface area contributed by atoms with Gasteiger partial charge in [0.1, 0.15) is 11.3 Å². The fourth-order valence-electron chi connectivity index (χ4n) is 1.41. The molecular formula is C14H20N2O3. The Kier molecular flexibility index (Phi) is 5.48. The van der Waals surface area contributed by atoms with E-state index < -0.39 is 11.7 Å². The third-order valence-electron chi connectivity index (χ3n) is 2.20. The van der Waals surface area contributed by atoms with Crippen LogP contribution in [0.1, 0.15) is 44.1 Å². The highest BCUT2D eigenvalue weighted by Gasteiger charge is 2.15. The lowest BCUT2D eigenvalue weighted by Gasteiger charge is -2.19. The Balaban J connectivity index is 2.21. The van der Waals surface area contributed by atoms with Gasteiger partial charge in [-0.15, -0.1) is 0 Å². The zero-order chi connectivity index (χ0) is 14.3. The fourth-order valence-corrected chi connectivity index (χ4v) is 1.41. The maximum Gasteiger partial charge on any atom is 0.407 e. The number of ketones is 1. The van der Waals surface area contributed by atoms with E-state index in [1.807, 2.05) is 0 Å². The summed E-state index contributed by atoms with van der Waals surface area (Å²) in [6, 6.07) is 5.23. The van der Waals surface area contributed by atoms with E-state index in [4.69, 9.17) is 4.74 Å². The van der Waals surface area contributed by atoms with Crippen molar-refractivity contribution in [3.63, 3.8) is 0 Å². The summed E-state index contributed by atoms with van der Waals surface area (Å²) in [5.74, 6) is -0.0217. The van der Waals surface area contributed by atoms with Crippen molar-refractivity contribution in [2.45, 2.75) is 39.2 Å². The summed E-state index contributed by atoms with van der Waals surface area (Å²) >= 11 is 0. The van der Waals surface area contributed by atoms with E-state index in [2.05, 4.69) is 10.3 Å². The molecule has 0 atom stereocenters. The maximum atomic E-state index is 11.7. The molecule has 0 aliphatic heterocycles. The van der Waals surface area contributed by atoms with Crippen LogP contribution in [0.2, 0.25) is 0 Å². The van der Waals surface area contributed by atoms with Crippen LogP contribution in [0, 0.1) is 0 Å². The molecule has 0 aliphatic rings. The Morgan fingerprint density at radius 3 is 2.63 bits per heavy atom. The molecule has 0 saturated heterocycles. The van der Waals surface area contributed by atoms with E-state index in [1.165, 1.54) is 0 Å². The predicted octanol–water partition coefficient (Wildman–Crippen LogP) is 2.57. The van der Waals surface area contributed by atoms with Crippen molar-refractivity contribution in [1.29, 1.82) is 0 Å². The van der Waals surface area contributed by atoms with Gasteiger partial charge in [-0.1, -0.05) is 6.07 Å². The molecule has 0 spiro atoms. The molecule has 1 aromatic heterocycles. The van der Waals surface area contributed by atoms with E-state index in [0.717, 1.165) is 0 Å². The second kappa shape index (κ2) is 6.87. The number of alkyl carbamates (subject to hydrolysis) is 1. The summed E-state index contributed by atoms with van der Waals surface area (Å²) in [5, 5.41) is 2.61. The number of amides is 1. The topological polar surface area (TPSA) is 68.3 Å². The molecule has 1 rings (SSSR count). The molecule has 0 fully saturated rings. The Morgan fingerprint density at radius 2 is 2.05 bits per heavy atom. The minimum Gasteiger partial charge on any atom is -0.444 e. The first kappa shape index (κ1) is 15.1. The van der Waals surface area contributed by atoms with E-state index in [0.29, 0.717) is 25.1 Å². The second-order valence-electron chi connectivity index (χ2n) is 5.17. The van der Waals surface area contributed by atoms with Gasteiger partial charge in [0.15, 0.2) is 5.78 Å². The van der Waals surface area contributed by atoms with Crippen LogP contribution in [0.15, 0.2) is 24.4 Å². The van der Waals surface area contributed by atoms with Crippen LogP contribution in [-0.4, -0.2) is 29.0 Å². The predicted molar refractivity (Wildman–Crippen MR) is 72.0 cm³/mol. The van der Waals surface area contributed by atoms with E-state index in [-0.39, 0.29) is 5.78 Å². The van der Waals surface area contributed by atoms with Gasteiger partial charge < -0.3 is 10.1 Å². The molecule has 1 aromatic rings. The van der Waals surface area contributed by atoms with Crippen LogP contribution in [0.4, 0.5) is 4.79 Å². The quantitative estimate of drug-likeness (QED) is 0.655. The third kappa shape index (κ3) is 6.55. The first-order valence-corrected chi connectivity index (χ1v) is 6.29. The Labute approximate surface area is 113 Å². The van der Waals surface area contributed by atoms with Crippen molar-refractivity contribution >= 4 is 11.9 Å². The van der Waals surface area contributed by atoms with Crippen molar-refractivity contribution in [3.8, 4) is 0 Å². The number of pyridine rings is 1. The van der Waals surface area contributed by atoms with Gasteiger partial charge in [-0.05, 0) is 39.3 Å². The van der Waals surface area contributed by atoms with Crippen LogP contribution < -0.4 is 5.32 Å². The van der Waals surface area contributed by atoms with Gasteiger partial charge in [0.05, 0.1) is 0 Å². The number of nitrogens with one attached hydrogen (secondary N) is 1. The lowest BCUT2D eigenvalue weighted by atomic mass is 10.1. The molecule has 0 saturated carbocycles. The highest BCUT2D eigenvalue weighted by atomic mass is 16.6. The van der Waals surface area contributed by atoms with Gasteiger partial charge in [0.25, 0.3) is 0 Å². The molecule has 1 amide bonds. The molecular weight excluding hydrogens is 244 g/mol. The molecule has 0 aromatic carbocycles. The number of Topliss-reactive ketones (excluding diaryl/α,β-unsaturated/α-hetero) is 1. The maximum absolute atomic E-state index is 11.7. The number of nitrogens with zero attached hydrogens (tertiary/aromatic N) is 1. The summed E-state index contributed by atoms with van der Waals surface area (Å²) in [5.41, 5.74) is -0.0480. The molecule has 5 nitrogen and oxygen atoms in total. The van der Waals surface area contributed by atoms with Crippen LogP contribution in [0.25, 0.3) is 0 Å². The number of hydrogen-bond donors (Lipinski definition) is 1. The van der Waals surface area contributed by atoms with E-state index in [1.54, 1.807) is 45.2 Å². The zero-order valence-corrected chi connectivity index (χ0v) is 11.6. The molecule has 1 N–H and O–H groups in total. The van der Waals surface area contributed by atoms with Crippen molar-refractivity contribution in [1.82, 2.24) is 10.3 Å². The zero-order valence-electron chi connectivity index (χ0n) is 11.6. The molecule has 0 radical (unpaired) electrons. The number of rotatable bonds is 5. The average Bonchev–Trinajstić information content (AvgIpc) is 2.33. The molecule has 1 heterocycles. The third-order valence-corrected chi connectivity index (χ3v) is 2.20. The summed E-state index contributed by atoms with van der Waals surface area (Å²) in [6.45, 7) is 5.82. The van der Waals surface area contributed by atoms with Crippen molar-refractivity contribution < 1.29 is 14.3 Å². The van der Waals surface area contributed by atoms with Crippen LogP contribution >= 0.6 is 0 Å². The molecule has 19 heavy (non-hydrogen) atoms. The van der Waals surface area contributed by atoms with Gasteiger partial charge in [0, 0.05) is 19.2 Å². The Morgan fingerprint density at radius 1 is 1.32 bits per heavy atom. The standard InChI is InChI=1S/C14H20N2O3/c1-14(2,3)19-13(18)16-10-6-8-12(17)11-7-4-5-9-15-11/h4-5,7,9H,6,8,10H2,1-3H3,(H,16,18). The molecule has 0 bridgehead atoms. The summed E-state index contributed by atoms with van der Waals surface area (Å²) in [6.07, 6.45) is 2.05. The van der Waals surface area contributed by atoms with Crippen LogP contribution in [-0.2, 0) is 4.74 Å². The largest absolute Gasteiger partial charge is 0.444 e. The normalized spacial score (nSPS) is 10.9. The number of ether oxygens (including phenoxy) is 1. The molecule has 0 aliphatic carbocycles. The van der Waals surface area contributed by atoms with Gasteiger partial charge in [-0.25, -0.2) is 4.79 Å². The monoisotopic (exact) mass is 264 g/mol. The average molecular weight is 264 g/mol.